The normalized spacial score (nSPS) is 31.6. The molecule has 2 rings (SSSR count). The molecule has 1 heterocycles. The van der Waals surface area contributed by atoms with Crippen LogP contribution in [0.5, 0.6) is 0 Å². The van der Waals surface area contributed by atoms with Crippen LogP contribution in [0.4, 0.5) is 0 Å². The van der Waals surface area contributed by atoms with E-state index >= 15 is 0 Å². The van der Waals surface area contributed by atoms with Gasteiger partial charge in [-0.3, -0.25) is 4.79 Å². The summed E-state index contributed by atoms with van der Waals surface area (Å²) in [6.07, 6.45) is 3.94. The number of carboxylic acid groups (broad SMARTS) is 1. The van der Waals surface area contributed by atoms with Gasteiger partial charge < -0.3 is 14.6 Å². The maximum atomic E-state index is 12.4. The van der Waals surface area contributed by atoms with Gasteiger partial charge in [-0.05, 0) is 32.3 Å². The molecule has 0 aromatic carbocycles. The molecule has 26 heavy (non-hydrogen) atoms. The second-order valence-electron chi connectivity index (χ2n) is 7.00. The van der Waals surface area contributed by atoms with E-state index in [1.54, 1.807) is 13.0 Å². The number of ether oxygens (including phenoxy) is 2. The Kier molecular flexibility index (Phi) is 6.40. The lowest BCUT2D eigenvalue weighted by atomic mass is 9.85. The fourth-order valence-electron chi connectivity index (χ4n) is 3.17. The molecule has 0 saturated carbocycles. The van der Waals surface area contributed by atoms with Crippen molar-refractivity contribution in [1.82, 2.24) is 0 Å². The van der Waals surface area contributed by atoms with Crippen molar-refractivity contribution in [3.05, 3.63) is 35.5 Å². The van der Waals surface area contributed by atoms with Crippen LogP contribution in [0.15, 0.2) is 35.5 Å². The summed E-state index contributed by atoms with van der Waals surface area (Å²) in [6, 6.07) is 0. The van der Waals surface area contributed by atoms with Crippen molar-refractivity contribution in [3.8, 4) is 0 Å². The van der Waals surface area contributed by atoms with Gasteiger partial charge in [0.2, 0.25) is 0 Å². The summed E-state index contributed by atoms with van der Waals surface area (Å²) in [5, 5.41) is 9.50. The minimum absolute atomic E-state index is 0.0151. The zero-order valence-electron chi connectivity index (χ0n) is 15.5. The van der Waals surface area contributed by atoms with Crippen LogP contribution < -0.4 is 0 Å². The van der Waals surface area contributed by atoms with E-state index in [1.807, 2.05) is 19.9 Å². The Hall–Kier alpha value is -2.37. The summed E-state index contributed by atoms with van der Waals surface area (Å²) < 4.78 is 11.1. The van der Waals surface area contributed by atoms with E-state index in [1.165, 1.54) is 0 Å². The maximum Gasteiger partial charge on any atom is 0.334 e. The van der Waals surface area contributed by atoms with Crippen molar-refractivity contribution in [2.45, 2.75) is 58.7 Å². The third kappa shape index (κ3) is 4.42. The van der Waals surface area contributed by atoms with Crippen molar-refractivity contribution >= 4 is 17.9 Å². The first-order valence-electron chi connectivity index (χ1n) is 8.94. The highest BCUT2D eigenvalue weighted by Crippen LogP contribution is 2.36. The number of carboxylic acids is 1. The molecule has 4 atom stereocenters. The standard InChI is InChI=1S/C20H26O6/c1-5-12(3)19(23)25-16-10-14(18(21)22)8-6-7-11(2)9-15-17(16)13(4)20(24)26-15/h8-9,12,15-17H,4-7,10H2,1-3H3,(H,21,22)/b11-9+,14-8+/t12-,15+,16+,17-/m0/s1. The summed E-state index contributed by atoms with van der Waals surface area (Å²) in [5.41, 5.74) is 1.37. The van der Waals surface area contributed by atoms with Crippen molar-refractivity contribution in [1.29, 1.82) is 0 Å². The molecule has 0 bridgehead atoms. The molecule has 0 spiro atoms. The monoisotopic (exact) mass is 362 g/mol. The molecule has 2 aliphatic rings. The summed E-state index contributed by atoms with van der Waals surface area (Å²) in [6.45, 7) is 9.33. The van der Waals surface area contributed by atoms with Crippen LogP contribution in [0.25, 0.3) is 0 Å². The fraction of sp³-hybridized carbons (Fsp3) is 0.550. The zero-order valence-corrected chi connectivity index (χ0v) is 15.5. The van der Waals surface area contributed by atoms with Gasteiger partial charge in [-0.1, -0.05) is 32.1 Å². The second-order valence-corrected chi connectivity index (χ2v) is 7.00. The van der Waals surface area contributed by atoms with Gasteiger partial charge in [0.25, 0.3) is 0 Å². The fourth-order valence-corrected chi connectivity index (χ4v) is 3.17. The van der Waals surface area contributed by atoms with Crippen molar-refractivity contribution < 1.29 is 29.0 Å². The van der Waals surface area contributed by atoms with Gasteiger partial charge in [-0.25, -0.2) is 9.59 Å². The van der Waals surface area contributed by atoms with Gasteiger partial charge in [0.1, 0.15) is 12.2 Å². The summed E-state index contributed by atoms with van der Waals surface area (Å²) in [4.78, 5) is 36.0. The van der Waals surface area contributed by atoms with Crippen LogP contribution >= 0.6 is 0 Å². The lowest BCUT2D eigenvalue weighted by Crippen LogP contribution is -2.35. The molecule has 142 valence electrons. The SMILES string of the molecule is C=C1C(=O)O[C@@H]2/C=C(\C)CC/C=C(/C(=O)O)C[C@@H](OC(=O)[C@@H](C)CC)[C@@H]12. The number of hydrogen-bond acceptors (Lipinski definition) is 5. The van der Waals surface area contributed by atoms with E-state index in [0.29, 0.717) is 19.3 Å². The first-order chi connectivity index (χ1) is 12.2. The molecule has 1 aliphatic heterocycles. The largest absolute Gasteiger partial charge is 0.478 e. The number of allylic oxidation sites excluding steroid dienone is 2. The highest BCUT2D eigenvalue weighted by atomic mass is 16.6. The van der Waals surface area contributed by atoms with Gasteiger partial charge in [-0.15, -0.1) is 0 Å². The van der Waals surface area contributed by atoms with Crippen LogP contribution in [0.1, 0.15) is 46.5 Å². The van der Waals surface area contributed by atoms with Crippen LogP contribution in [-0.2, 0) is 23.9 Å². The van der Waals surface area contributed by atoms with E-state index in [4.69, 9.17) is 9.47 Å². The number of rotatable bonds is 4. The number of fused-ring (bicyclic) bond motifs is 1. The highest BCUT2D eigenvalue weighted by Gasteiger charge is 2.45. The number of carbonyl (C=O) groups is 3. The Morgan fingerprint density at radius 2 is 2.15 bits per heavy atom. The van der Waals surface area contributed by atoms with E-state index < -0.39 is 36.0 Å². The molecule has 6 nitrogen and oxygen atoms in total. The van der Waals surface area contributed by atoms with Crippen LogP contribution in [0.2, 0.25) is 0 Å². The van der Waals surface area contributed by atoms with Gasteiger partial charge in [0.15, 0.2) is 0 Å². The van der Waals surface area contributed by atoms with Gasteiger partial charge in [0.05, 0.1) is 11.8 Å². The molecule has 1 aliphatic carbocycles. The first kappa shape index (κ1) is 19.9. The Morgan fingerprint density at radius 1 is 1.46 bits per heavy atom. The molecule has 0 aromatic rings. The molecule has 0 aromatic heterocycles. The third-order valence-electron chi connectivity index (χ3n) is 5.02. The summed E-state index contributed by atoms with van der Waals surface area (Å²) in [7, 11) is 0. The van der Waals surface area contributed by atoms with Crippen molar-refractivity contribution in [2.75, 3.05) is 0 Å². The van der Waals surface area contributed by atoms with E-state index in [9.17, 15) is 19.5 Å². The van der Waals surface area contributed by atoms with E-state index in [-0.39, 0.29) is 23.5 Å². The quantitative estimate of drug-likeness (QED) is 0.469. The molecule has 0 unspecified atom stereocenters. The predicted molar refractivity (Wildman–Crippen MR) is 95.2 cm³/mol. The van der Waals surface area contributed by atoms with Gasteiger partial charge in [0, 0.05) is 17.6 Å². The topological polar surface area (TPSA) is 89.9 Å². The molecule has 0 amide bonds. The third-order valence-corrected chi connectivity index (χ3v) is 5.02. The van der Waals surface area contributed by atoms with E-state index in [0.717, 1.165) is 5.57 Å². The minimum atomic E-state index is -1.05. The Morgan fingerprint density at radius 3 is 2.77 bits per heavy atom. The Labute approximate surface area is 153 Å². The minimum Gasteiger partial charge on any atom is -0.478 e. The average molecular weight is 362 g/mol. The Balaban J connectivity index is 2.43. The molecule has 1 N–H and O–H groups in total. The lowest BCUT2D eigenvalue weighted by molar-refractivity contribution is -0.157. The number of aliphatic carboxylic acids is 1. The van der Waals surface area contributed by atoms with Crippen molar-refractivity contribution in [2.24, 2.45) is 11.8 Å². The molecule has 0 radical (unpaired) electrons. The maximum absolute atomic E-state index is 12.4. The van der Waals surface area contributed by atoms with Gasteiger partial charge >= 0.3 is 17.9 Å². The Bertz CT molecular complexity index is 672. The smallest absolute Gasteiger partial charge is 0.334 e. The molecule has 6 heteroatoms. The number of carbonyl (C=O) groups excluding carboxylic acids is 2. The molecule has 1 saturated heterocycles. The van der Waals surface area contributed by atoms with Crippen molar-refractivity contribution in [3.63, 3.8) is 0 Å². The second kappa shape index (κ2) is 8.34. The zero-order chi connectivity index (χ0) is 19.4. The van der Waals surface area contributed by atoms with Crippen LogP contribution in [-0.4, -0.2) is 35.2 Å². The predicted octanol–water partition coefficient (Wildman–Crippen LogP) is 3.18. The average Bonchev–Trinajstić information content (AvgIpc) is 2.85. The molecular weight excluding hydrogens is 336 g/mol. The lowest BCUT2D eigenvalue weighted by Gasteiger charge is -2.28. The molecule has 1 fully saturated rings. The molecular formula is C20H26O6. The number of esters is 2. The number of hydrogen-bond donors (Lipinski definition) is 1. The van der Waals surface area contributed by atoms with E-state index in [2.05, 4.69) is 6.58 Å². The summed E-state index contributed by atoms with van der Waals surface area (Å²) in [5.74, 6) is -2.90. The first-order valence-corrected chi connectivity index (χ1v) is 8.94. The summed E-state index contributed by atoms with van der Waals surface area (Å²) >= 11 is 0. The van der Waals surface area contributed by atoms with Gasteiger partial charge in [-0.2, -0.15) is 0 Å². The highest BCUT2D eigenvalue weighted by molar-refractivity contribution is 5.91. The van der Waals surface area contributed by atoms with Crippen LogP contribution in [0.3, 0.4) is 0 Å². The van der Waals surface area contributed by atoms with Crippen LogP contribution in [0, 0.1) is 11.8 Å².